The number of nitrogens with zero attached hydrogens (tertiary/aromatic N) is 2. The summed E-state index contributed by atoms with van der Waals surface area (Å²) in [4.78, 5) is 4.08. The van der Waals surface area contributed by atoms with Crippen molar-refractivity contribution in [1.82, 2.24) is 14.9 Å². The van der Waals surface area contributed by atoms with Gasteiger partial charge in [-0.2, -0.15) is 0 Å². The van der Waals surface area contributed by atoms with Crippen LogP contribution < -0.4 is 5.32 Å². The van der Waals surface area contributed by atoms with E-state index in [1.165, 1.54) is 5.69 Å². The molecule has 0 amide bonds. The topological polar surface area (TPSA) is 29.9 Å². The van der Waals surface area contributed by atoms with E-state index < -0.39 is 0 Å². The average molecular weight is 177 g/mol. The molecule has 0 saturated carbocycles. The summed E-state index contributed by atoms with van der Waals surface area (Å²) in [5.74, 6) is 5.80. The Morgan fingerprint density at radius 1 is 1.62 bits per heavy atom. The summed E-state index contributed by atoms with van der Waals surface area (Å²) in [6.45, 7) is 6.50. The zero-order valence-corrected chi connectivity index (χ0v) is 8.17. The van der Waals surface area contributed by atoms with Crippen LogP contribution in [-0.2, 0) is 13.1 Å². The van der Waals surface area contributed by atoms with Crippen molar-refractivity contribution in [3.05, 3.63) is 18.2 Å². The summed E-state index contributed by atoms with van der Waals surface area (Å²) in [5, 5.41) is 3.23. The minimum atomic E-state index is 0.741. The van der Waals surface area contributed by atoms with E-state index in [2.05, 4.69) is 33.6 Å². The normalized spacial score (nSPS) is 9.38. The molecular formula is C10H15N3. The Kier molecular flexibility index (Phi) is 4.07. The summed E-state index contributed by atoms with van der Waals surface area (Å²) in [6, 6.07) is 0. The van der Waals surface area contributed by atoms with Crippen LogP contribution in [0.3, 0.4) is 0 Å². The van der Waals surface area contributed by atoms with Crippen molar-refractivity contribution in [1.29, 1.82) is 0 Å². The third-order valence-electron chi connectivity index (χ3n) is 1.84. The minimum Gasteiger partial charge on any atom is -0.334 e. The smallest absolute Gasteiger partial charge is 0.0948 e. The Hall–Kier alpha value is -1.27. The first-order valence-corrected chi connectivity index (χ1v) is 4.47. The molecule has 1 N–H and O–H groups in total. The molecule has 0 aliphatic carbocycles. The molecule has 1 aromatic rings. The van der Waals surface area contributed by atoms with Crippen molar-refractivity contribution in [2.24, 2.45) is 0 Å². The van der Waals surface area contributed by atoms with E-state index in [4.69, 9.17) is 0 Å². The van der Waals surface area contributed by atoms with Gasteiger partial charge in [0.1, 0.15) is 0 Å². The SMILES string of the molecule is CC#CCNCc1cncn1CC. The average Bonchev–Trinajstić information content (AvgIpc) is 2.60. The Balaban J connectivity index is 2.38. The fourth-order valence-electron chi connectivity index (χ4n) is 1.12. The lowest BCUT2D eigenvalue weighted by molar-refractivity contribution is 0.660. The van der Waals surface area contributed by atoms with E-state index in [1.54, 1.807) is 0 Å². The molecule has 0 aromatic carbocycles. The first-order valence-electron chi connectivity index (χ1n) is 4.47. The van der Waals surface area contributed by atoms with Crippen LogP contribution in [0.5, 0.6) is 0 Å². The van der Waals surface area contributed by atoms with Gasteiger partial charge in [-0.25, -0.2) is 4.98 Å². The highest BCUT2D eigenvalue weighted by Crippen LogP contribution is 1.97. The third kappa shape index (κ3) is 2.92. The molecule has 3 heteroatoms. The van der Waals surface area contributed by atoms with Crippen molar-refractivity contribution in [2.75, 3.05) is 6.54 Å². The molecule has 1 heterocycles. The van der Waals surface area contributed by atoms with Crippen LogP contribution in [0.25, 0.3) is 0 Å². The highest BCUT2D eigenvalue weighted by Gasteiger charge is 1.97. The van der Waals surface area contributed by atoms with Gasteiger partial charge in [0, 0.05) is 19.3 Å². The maximum atomic E-state index is 4.08. The highest BCUT2D eigenvalue weighted by molar-refractivity contribution is 5.01. The second-order valence-corrected chi connectivity index (χ2v) is 2.70. The van der Waals surface area contributed by atoms with Gasteiger partial charge < -0.3 is 9.88 Å². The standard InChI is InChI=1S/C10H15N3/c1-3-5-6-11-7-10-8-12-9-13(10)4-2/h8-9,11H,4,6-7H2,1-2H3. The summed E-state index contributed by atoms with van der Waals surface area (Å²) < 4.78 is 2.12. The molecule has 0 aliphatic rings. The van der Waals surface area contributed by atoms with Crippen molar-refractivity contribution < 1.29 is 0 Å². The van der Waals surface area contributed by atoms with Crippen molar-refractivity contribution >= 4 is 0 Å². The third-order valence-corrected chi connectivity index (χ3v) is 1.84. The number of hydrogen-bond donors (Lipinski definition) is 1. The van der Waals surface area contributed by atoms with E-state index in [1.807, 2.05) is 19.4 Å². The van der Waals surface area contributed by atoms with Crippen LogP contribution in [0.2, 0.25) is 0 Å². The van der Waals surface area contributed by atoms with E-state index in [9.17, 15) is 0 Å². The molecule has 70 valence electrons. The van der Waals surface area contributed by atoms with Gasteiger partial charge in [-0.05, 0) is 13.8 Å². The zero-order chi connectivity index (χ0) is 9.52. The largest absolute Gasteiger partial charge is 0.334 e. The number of rotatable bonds is 4. The maximum Gasteiger partial charge on any atom is 0.0948 e. The van der Waals surface area contributed by atoms with Gasteiger partial charge in [-0.1, -0.05) is 5.92 Å². The second kappa shape index (κ2) is 5.39. The van der Waals surface area contributed by atoms with Crippen LogP contribution in [0, 0.1) is 11.8 Å². The lowest BCUT2D eigenvalue weighted by Gasteiger charge is -2.04. The molecule has 1 aromatic heterocycles. The summed E-state index contributed by atoms with van der Waals surface area (Å²) >= 11 is 0. The lowest BCUT2D eigenvalue weighted by atomic mass is 10.4. The predicted octanol–water partition coefficient (Wildman–Crippen LogP) is 1.02. The molecular weight excluding hydrogens is 162 g/mol. The fraction of sp³-hybridized carbons (Fsp3) is 0.500. The van der Waals surface area contributed by atoms with Gasteiger partial charge in [0.2, 0.25) is 0 Å². The van der Waals surface area contributed by atoms with E-state index in [0.717, 1.165) is 19.6 Å². The Bertz CT molecular complexity index is 303. The maximum absolute atomic E-state index is 4.08. The van der Waals surface area contributed by atoms with Gasteiger partial charge in [-0.15, -0.1) is 5.92 Å². The van der Waals surface area contributed by atoms with Crippen LogP contribution in [-0.4, -0.2) is 16.1 Å². The summed E-state index contributed by atoms with van der Waals surface area (Å²) in [7, 11) is 0. The first kappa shape index (κ1) is 9.82. The second-order valence-electron chi connectivity index (χ2n) is 2.70. The van der Waals surface area contributed by atoms with E-state index in [0.29, 0.717) is 0 Å². The number of nitrogens with one attached hydrogen (secondary N) is 1. The number of hydrogen-bond acceptors (Lipinski definition) is 2. The molecule has 0 spiro atoms. The monoisotopic (exact) mass is 177 g/mol. The van der Waals surface area contributed by atoms with Gasteiger partial charge in [-0.3, -0.25) is 0 Å². The van der Waals surface area contributed by atoms with Crippen molar-refractivity contribution in [3.8, 4) is 11.8 Å². The summed E-state index contributed by atoms with van der Waals surface area (Å²) in [6.07, 6.45) is 3.73. The minimum absolute atomic E-state index is 0.741. The molecule has 0 saturated heterocycles. The van der Waals surface area contributed by atoms with Crippen LogP contribution >= 0.6 is 0 Å². The number of aromatic nitrogens is 2. The van der Waals surface area contributed by atoms with Gasteiger partial charge in [0.25, 0.3) is 0 Å². The van der Waals surface area contributed by atoms with E-state index >= 15 is 0 Å². The zero-order valence-electron chi connectivity index (χ0n) is 8.17. The van der Waals surface area contributed by atoms with Crippen LogP contribution in [0.1, 0.15) is 19.5 Å². The Morgan fingerprint density at radius 3 is 3.15 bits per heavy atom. The predicted molar refractivity (Wildman–Crippen MR) is 53.1 cm³/mol. The van der Waals surface area contributed by atoms with Crippen molar-refractivity contribution in [3.63, 3.8) is 0 Å². The number of imidazole rings is 1. The van der Waals surface area contributed by atoms with Gasteiger partial charge in [0.05, 0.1) is 18.6 Å². The molecule has 0 aliphatic heterocycles. The molecule has 13 heavy (non-hydrogen) atoms. The Morgan fingerprint density at radius 2 is 2.46 bits per heavy atom. The first-order chi connectivity index (χ1) is 6.38. The molecule has 3 nitrogen and oxygen atoms in total. The molecule has 0 atom stereocenters. The van der Waals surface area contributed by atoms with Crippen molar-refractivity contribution in [2.45, 2.75) is 26.9 Å². The quantitative estimate of drug-likeness (QED) is 0.549. The lowest BCUT2D eigenvalue weighted by Crippen LogP contribution is -2.15. The van der Waals surface area contributed by atoms with Gasteiger partial charge >= 0.3 is 0 Å². The van der Waals surface area contributed by atoms with E-state index in [-0.39, 0.29) is 0 Å². The molecule has 0 radical (unpaired) electrons. The molecule has 0 unspecified atom stereocenters. The fourth-order valence-corrected chi connectivity index (χ4v) is 1.12. The van der Waals surface area contributed by atoms with Crippen LogP contribution in [0.15, 0.2) is 12.5 Å². The molecule has 0 bridgehead atoms. The molecule has 1 rings (SSSR count). The molecule has 0 fully saturated rings. The van der Waals surface area contributed by atoms with Gasteiger partial charge in [0.15, 0.2) is 0 Å². The number of aryl methyl sites for hydroxylation is 1. The Labute approximate surface area is 79.2 Å². The highest BCUT2D eigenvalue weighted by atomic mass is 15.1. The van der Waals surface area contributed by atoms with Crippen LogP contribution in [0.4, 0.5) is 0 Å². The summed E-state index contributed by atoms with van der Waals surface area (Å²) in [5.41, 5.74) is 1.21.